The standard InChI is InChI=1S/C14H16N2O3/c1-18-12-6-10-11(7-13(12)19-2)15-8-9-4-3-5-16(9)14(10)17/h6-9H,3-5H2,1-2H3/p+2/t9-/m0/s1. The molecule has 5 nitrogen and oxygen atoms in total. The summed E-state index contributed by atoms with van der Waals surface area (Å²) < 4.78 is 12.6. The minimum Gasteiger partial charge on any atom is -0.493 e. The van der Waals surface area contributed by atoms with Crippen molar-refractivity contribution in [3.8, 4) is 11.5 Å². The number of methoxy groups -OCH3 is 2. The molecule has 2 aliphatic rings. The van der Waals surface area contributed by atoms with Crippen LogP contribution in [0.4, 0.5) is 5.69 Å². The molecule has 0 aliphatic carbocycles. The van der Waals surface area contributed by atoms with E-state index in [1.165, 1.54) is 0 Å². The SMILES string of the molecule is COc1cc2c(cc1OC)C(O)=[N+]1CCC[C@H]1C=[NH+]2. The van der Waals surface area contributed by atoms with Gasteiger partial charge in [-0.1, -0.05) is 0 Å². The van der Waals surface area contributed by atoms with Crippen molar-refractivity contribution in [1.29, 1.82) is 0 Å². The van der Waals surface area contributed by atoms with Gasteiger partial charge in [-0.15, -0.1) is 0 Å². The molecule has 1 aromatic carbocycles. The van der Waals surface area contributed by atoms with Crippen LogP contribution in [-0.4, -0.2) is 48.6 Å². The Kier molecular flexibility index (Phi) is 2.89. The lowest BCUT2D eigenvalue weighted by Gasteiger charge is -2.08. The first kappa shape index (κ1) is 12.0. The van der Waals surface area contributed by atoms with Crippen LogP contribution in [0.3, 0.4) is 0 Å². The first-order valence-corrected chi connectivity index (χ1v) is 6.43. The lowest BCUT2D eigenvalue weighted by molar-refractivity contribution is -0.537. The highest BCUT2D eigenvalue weighted by Gasteiger charge is 2.37. The van der Waals surface area contributed by atoms with Gasteiger partial charge in [0.25, 0.3) is 0 Å². The van der Waals surface area contributed by atoms with Crippen LogP contribution in [-0.2, 0) is 0 Å². The van der Waals surface area contributed by atoms with Crippen molar-refractivity contribution in [1.82, 2.24) is 0 Å². The normalized spacial score (nSPS) is 20.8. The number of fused-ring (bicyclic) bond motifs is 2. The molecular weight excluding hydrogens is 244 g/mol. The highest BCUT2D eigenvalue weighted by Crippen LogP contribution is 2.32. The molecule has 2 aliphatic heterocycles. The molecule has 0 bridgehead atoms. The van der Waals surface area contributed by atoms with Crippen LogP contribution in [0.1, 0.15) is 18.4 Å². The van der Waals surface area contributed by atoms with Crippen LogP contribution in [0.5, 0.6) is 11.5 Å². The third kappa shape index (κ3) is 1.85. The Morgan fingerprint density at radius 3 is 2.74 bits per heavy atom. The van der Waals surface area contributed by atoms with Crippen LogP contribution in [0.15, 0.2) is 12.1 Å². The predicted molar refractivity (Wildman–Crippen MR) is 71.1 cm³/mol. The molecule has 0 spiro atoms. The van der Waals surface area contributed by atoms with Gasteiger partial charge in [0.15, 0.2) is 17.1 Å². The molecule has 0 aromatic heterocycles. The van der Waals surface area contributed by atoms with Gasteiger partial charge in [-0.05, 0) is 0 Å². The number of nitrogens with zero attached hydrogens (tertiary/aromatic N) is 1. The van der Waals surface area contributed by atoms with Gasteiger partial charge in [0.1, 0.15) is 6.54 Å². The maximum atomic E-state index is 10.5. The number of nitrogens with one attached hydrogen (secondary N) is 1. The number of aliphatic hydroxyl groups is 1. The second-order valence-electron chi connectivity index (χ2n) is 4.79. The Bertz CT molecular complexity index is 578. The molecule has 2 heterocycles. The average Bonchev–Trinajstić information content (AvgIpc) is 2.87. The molecule has 2 N–H and O–H groups in total. The summed E-state index contributed by atoms with van der Waals surface area (Å²) in [6, 6.07) is 3.90. The summed E-state index contributed by atoms with van der Waals surface area (Å²) in [5, 5.41) is 10.5. The Morgan fingerprint density at radius 1 is 1.26 bits per heavy atom. The Hall–Kier alpha value is -2.04. The monoisotopic (exact) mass is 262 g/mol. The minimum atomic E-state index is 0.240. The van der Waals surface area contributed by atoms with Gasteiger partial charge in [0, 0.05) is 18.9 Å². The van der Waals surface area contributed by atoms with Gasteiger partial charge in [-0.3, -0.25) is 0 Å². The van der Waals surface area contributed by atoms with Crippen molar-refractivity contribution in [2.75, 3.05) is 20.8 Å². The van der Waals surface area contributed by atoms with E-state index in [-0.39, 0.29) is 6.04 Å². The van der Waals surface area contributed by atoms with E-state index in [0.717, 1.165) is 30.6 Å². The lowest BCUT2D eigenvalue weighted by Crippen LogP contribution is -2.63. The molecule has 0 saturated carbocycles. The summed E-state index contributed by atoms with van der Waals surface area (Å²) in [6.07, 6.45) is 4.18. The van der Waals surface area contributed by atoms with Gasteiger partial charge in [0.05, 0.1) is 20.3 Å². The fourth-order valence-electron chi connectivity index (χ4n) is 2.75. The van der Waals surface area contributed by atoms with E-state index in [0.29, 0.717) is 17.4 Å². The van der Waals surface area contributed by atoms with Crippen molar-refractivity contribution in [3.63, 3.8) is 0 Å². The van der Waals surface area contributed by atoms with Crippen LogP contribution in [0.2, 0.25) is 0 Å². The van der Waals surface area contributed by atoms with Crippen molar-refractivity contribution in [3.05, 3.63) is 17.7 Å². The fourth-order valence-corrected chi connectivity index (χ4v) is 2.75. The molecule has 0 unspecified atom stereocenters. The molecule has 3 rings (SSSR count). The van der Waals surface area contributed by atoms with Crippen molar-refractivity contribution >= 4 is 17.8 Å². The topological polar surface area (TPSA) is 55.7 Å². The van der Waals surface area contributed by atoms with Gasteiger partial charge >= 0.3 is 5.90 Å². The van der Waals surface area contributed by atoms with Gasteiger partial charge in [-0.2, -0.15) is 4.58 Å². The second-order valence-corrected chi connectivity index (χ2v) is 4.79. The number of hydrogen-bond acceptors (Lipinski definition) is 2. The molecule has 0 amide bonds. The highest BCUT2D eigenvalue weighted by molar-refractivity contribution is 5.95. The van der Waals surface area contributed by atoms with E-state index in [1.807, 2.05) is 22.9 Å². The molecule has 5 heteroatoms. The molecule has 100 valence electrons. The molecule has 1 saturated heterocycles. The largest absolute Gasteiger partial charge is 0.493 e. The number of benzene rings is 1. The van der Waals surface area contributed by atoms with E-state index in [1.54, 1.807) is 14.2 Å². The maximum absolute atomic E-state index is 10.5. The minimum absolute atomic E-state index is 0.240. The van der Waals surface area contributed by atoms with E-state index in [9.17, 15) is 5.11 Å². The molecular formula is C14H18N2O3+2. The summed E-state index contributed by atoms with van der Waals surface area (Å²) in [7, 11) is 3.20. The zero-order chi connectivity index (χ0) is 13.4. The quantitative estimate of drug-likeness (QED) is 0.737. The smallest absolute Gasteiger partial charge is 0.375 e. The van der Waals surface area contributed by atoms with Crippen molar-refractivity contribution < 1.29 is 24.1 Å². The van der Waals surface area contributed by atoms with Gasteiger partial charge < -0.3 is 14.6 Å². The van der Waals surface area contributed by atoms with Crippen LogP contribution in [0.25, 0.3) is 0 Å². The van der Waals surface area contributed by atoms with Crippen LogP contribution in [0, 0.1) is 0 Å². The first-order valence-electron chi connectivity index (χ1n) is 6.43. The molecule has 1 aromatic rings. The van der Waals surface area contributed by atoms with E-state index >= 15 is 0 Å². The van der Waals surface area contributed by atoms with Crippen molar-refractivity contribution in [2.24, 2.45) is 0 Å². The number of ether oxygens (including phenoxy) is 2. The zero-order valence-electron chi connectivity index (χ0n) is 11.1. The number of hydrogen-bond donors (Lipinski definition) is 2. The maximum Gasteiger partial charge on any atom is 0.375 e. The Balaban J connectivity index is 2.20. The van der Waals surface area contributed by atoms with Crippen LogP contribution >= 0.6 is 0 Å². The van der Waals surface area contributed by atoms with E-state index in [2.05, 4.69) is 4.99 Å². The van der Waals surface area contributed by atoms with Gasteiger partial charge in [-0.25, -0.2) is 4.99 Å². The van der Waals surface area contributed by atoms with Crippen molar-refractivity contribution in [2.45, 2.75) is 18.9 Å². The summed E-state index contributed by atoms with van der Waals surface area (Å²) >= 11 is 0. The summed E-state index contributed by atoms with van der Waals surface area (Å²) in [5.41, 5.74) is 1.59. The molecule has 19 heavy (non-hydrogen) atoms. The Labute approximate surface area is 111 Å². The second kappa shape index (κ2) is 4.57. The third-order valence-corrected chi connectivity index (χ3v) is 3.77. The Morgan fingerprint density at radius 2 is 2.00 bits per heavy atom. The summed E-state index contributed by atoms with van der Waals surface area (Å²) in [6.45, 7) is 0.877. The summed E-state index contributed by atoms with van der Waals surface area (Å²) in [5.74, 6) is 1.57. The average molecular weight is 262 g/mol. The third-order valence-electron chi connectivity index (χ3n) is 3.77. The zero-order valence-corrected chi connectivity index (χ0v) is 11.1. The number of rotatable bonds is 2. The van der Waals surface area contributed by atoms with Crippen LogP contribution < -0.4 is 14.5 Å². The molecule has 0 radical (unpaired) electrons. The van der Waals surface area contributed by atoms with E-state index < -0.39 is 0 Å². The molecule has 1 atom stereocenters. The molecule has 1 fully saturated rings. The number of aliphatic hydroxyl groups excluding tert-OH is 1. The van der Waals surface area contributed by atoms with Gasteiger partial charge in [0.2, 0.25) is 17.9 Å². The fraction of sp³-hybridized carbons (Fsp3) is 0.429. The lowest BCUT2D eigenvalue weighted by atomic mass is 10.1. The predicted octanol–water partition coefficient (Wildman–Crippen LogP) is -0.0202. The summed E-state index contributed by atoms with van der Waals surface area (Å²) in [4.78, 5) is 3.27. The first-order chi connectivity index (χ1) is 9.24. The van der Waals surface area contributed by atoms with E-state index in [4.69, 9.17) is 9.47 Å². The highest BCUT2D eigenvalue weighted by atomic mass is 16.5.